The van der Waals surface area contributed by atoms with E-state index >= 15 is 0 Å². The van der Waals surface area contributed by atoms with E-state index in [1.54, 1.807) is 24.4 Å². The topological polar surface area (TPSA) is 114 Å². The van der Waals surface area contributed by atoms with Gasteiger partial charge in [0.2, 0.25) is 11.8 Å². The van der Waals surface area contributed by atoms with Crippen LogP contribution >= 0.6 is 0 Å². The van der Waals surface area contributed by atoms with Crippen molar-refractivity contribution in [1.29, 1.82) is 0 Å². The second-order valence-corrected chi connectivity index (χ2v) is 11.0. The van der Waals surface area contributed by atoms with Gasteiger partial charge in [-0.2, -0.15) is 0 Å². The first-order chi connectivity index (χ1) is 19.9. The van der Waals surface area contributed by atoms with Crippen LogP contribution in [0.3, 0.4) is 0 Å². The number of benzene rings is 2. The molecule has 41 heavy (non-hydrogen) atoms. The number of amides is 2. The van der Waals surface area contributed by atoms with Crippen molar-refractivity contribution in [2.24, 2.45) is 11.3 Å². The van der Waals surface area contributed by atoms with Gasteiger partial charge in [0.25, 0.3) is 0 Å². The predicted molar refractivity (Wildman–Crippen MR) is 150 cm³/mol. The lowest BCUT2D eigenvalue weighted by molar-refractivity contribution is -0.131. The number of hydrogen-bond acceptors (Lipinski definition) is 7. The normalized spacial score (nSPS) is 21.5. The Labute approximate surface area is 235 Å². The fourth-order valence-corrected chi connectivity index (χ4v) is 5.39. The molecule has 2 aliphatic carbocycles. The van der Waals surface area contributed by atoms with Crippen molar-refractivity contribution in [3.8, 4) is 17.2 Å². The number of halogens is 1. The van der Waals surface area contributed by atoms with E-state index in [0.717, 1.165) is 22.6 Å². The van der Waals surface area contributed by atoms with Crippen molar-refractivity contribution < 1.29 is 23.5 Å². The molecule has 4 aromatic rings. The number of nitrogens with one attached hydrogen (secondary N) is 3. The van der Waals surface area contributed by atoms with Gasteiger partial charge in [-0.3, -0.25) is 14.6 Å². The van der Waals surface area contributed by atoms with Crippen LogP contribution in [0.1, 0.15) is 25.7 Å². The summed E-state index contributed by atoms with van der Waals surface area (Å²) in [6.07, 6.45) is 6.52. The van der Waals surface area contributed by atoms with E-state index in [1.807, 2.05) is 18.2 Å². The van der Waals surface area contributed by atoms with Crippen LogP contribution in [0.15, 0.2) is 73.1 Å². The quantitative estimate of drug-likeness (QED) is 0.249. The molecule has 1 aliphatic heterocycles. The van der Waals surface area contributed by atoms with Crippen molar-refractivity contribution in [3.63, 3.8) is 0 Å². The van der Waals surface area contributed by atoms with Gasteiger partial charge in [0.15, 0.2) is 0 Å². The summed E-state index contributed by atoms with van der Waals surface area (Å²) in [4.78, 5) is 34.5. The maximum atomic E-state index is 13.2. The van der Waals surface area contributed by atoms with E-state index in [-0.39, 0.29) is 0 Å². The zero-order valence-electron chi connectivity index (χ0n) is 22.1. The molecular weight excluding hydrogens is 525 g/mol. The number of hydrogen-bond donors (Lipinski definition) is 3. The largest absolute Gasteiger partial charge is 0.492 e. The van der Waals surface area contributed by atoms with Gasteiger partial charge in [-0.25, -0.2) is 9.37 Å². The van der Waals surface area contributed by atoms with Gasteiger partial charge in [0.1, 0.15) is 40.9 Å². The number of piperidine rings is 1. The number of aromatic nitrogens is 2. The summed E-state index contributed by atoms with van der Waals surface area (Å²) in [6.45, 7) is 0.642. The molecule has 0 spiro atoms. The van der Waals surface area contributed by atoms with Crippen molar-refractivity contribution in [1.82, 2.24) is 15.3 Å². The molecule has 2 aromatic carbocycles. The fourth-order valence-electron chi connectivity index (χ4n) is 5.39. The summed E-state index contributed by atoms with van der Waals surface area (Å²) in [5.74, 6) is 1.74. The van der Waals surface area contributed by atoms with Crippen molar-refractivity contribution >= 4 is 34.2 Å². The van der Waals surface area contributed by atoms with Gasteiger partial charge in [-0.15, -0.1) is 0 Å². The zero-order chi connectivity index (χ0) is 28.0. The van der Waals surface area contributed by atoms with E-state index in [0.29, 0.717) is 54.5 Å². The maximum Gasteiger partial charge on any atom is 0.241 e. The Morgan fingerprint density at radius 3 is 2.49 bits per heavy atom. The maximum absolute atomic E-state index is 13.2. The second kappa shape index (κ2) is 10.1. The van der Waals surface area contributed by atoms with E-state index in [4.69, 9.17) is 9.47 Å². The van der Waals surface area contributed by atoms with Crippen LogP contribution in [-0.4, -0.2) is 40.5 Å². The molecular formula is C31H28FN5O4. The number of ether oxygens (including phenoxy) is 2. The summed E-state index contributed by atoms with van der Waals surface area (Å²) < 4.78 is 25.3. The molecule has 2 amide bonds. The minimum Gasteiger partial charge on any atom is -0.492 e. The summed E-state index contributed by atoms with van der Waals surface area (Å²) >= 11 is 0. The Kier molecular flexibility index (Phi) is 6.27. The second-order valence-electron chi connectivity index (χ2n) is 11.0. The molecule has 208 valence electrons. The lowest BCUT2D eigenvalue weighted by Gasteiger charge is -2.16. The smallest absolute Gasteiger partial charge is 0.241 e. The Morgan fingerprint density at radius 2 is 1.76 bits per heavy atom. The number of pyridine rings is 2. The highest BCUT2D eigenvalue weighted by Gasteiger charge is 2.56. The van der Waals surface area contributed by atoms with Crippen molar-refractivity contribution in [2.45, 2.75) is 37.8 Å². The van der Waals surface area contributed by atoms with Gasteiger partial charge in [-0.05, 0) is 86.2 Å². The first-order valence-electron chi connectivity index (χ1n) is 13.8. The molecule has 9 nitrogen and oxygen atoms in total. The average molecular weight is 554 g/mol. The van der Waals surface area contributed by atoms with Crippen LogP contribution in [0.5, 0.6) is 17.2 Å². The molecule has 3 heterocycles. The molecule has 3 fully saturated rings. The lowest BCUT2D eigenvalue weighted by Crippen LogP contribution is -2.35. The molecule has 3 atom stereocenters. The molecule has 3 N–H and O–H groups in total. The fraction of sp³-hybridized carbons (Fsp3) is 0.290. The van der Waals surface area contributed by atoms with Crippen LogP contribution < -0.4 is 25.4 Å². The zero-order valence-corrected chi connectivity index (χ0v) is 22.1. The van der Waals surface area contributed by atoms with Crippen LogP contribution in [0.4, 0.5) is 15.9 Å². The van der Waals surface area contributed by atoms with Crippen molar-refractivity contribution in [2.75, 3.05) is 17.2 Å². The molecule has 0 bridgehead atoms. The minimum absolute atomic E-state index is 0.304. The molecule has 10 heteroatoms. The van der Waals surface area contributed by atoms with E-state index < -0.39 is 23.0 Å². The van der Waals surface area contributed by atoms with Crippen LogP contribution in [0.25, 0.3) is 10.9 Å². The molecule has 1 saturated heterocycles. The third-order valence-electron chi connectivity index (χ3n) is 8.01. The van der Waals surface area contributed by atoms with E-state index in [9.17, 15) is 14.0 Å². The van der Waals surface area contributed by atoms with Gasteiger partial charge in [-0.1, -0.05) is 0 Å². The lowest BCUT2D eigenvalue weighted by atomic mass is 10.0. The Bertz CT molecular complexity index is 1610. The highest BCUT2D eigenvalue weighted by Crippen LogP contribution is 2.47. The Morgan fingerprint density at radius 1 is 0.951 bits per heavy atom. The monoisotopic (exact) mass is 553 g/mol. The van der Waals surface area contributed by atoms with E-state index in [2.05, 4.69) is 25.9 Å². The number of carbonyl (C=O) groups is 2. The molecule has 0 radical (unpaired) electrons. The first kappa shape index (κ1) is 25.4. The van der Waals surface area contributed by atoms with Crippen LogP contribution in [0.2, 0.25) is 0 Å². The SMILES string of the molecule is O=C(Nc1ccc(F)cc1)C1(C(=O)Nc2ccc(Oc3ccnc4cc(OCC5CC6CC6N5)ccc34)cn2)CC1. The summed E-state index contributed by atoms with van der Waals surface area (Å²) in [7, 11) is 0. The van der Waals surface area contributed by atoms with Crippen LogP contribution in [-0.2, 0) is 9.59 Å². The Balaban J connectivity index is 0.971. The molecule has 2 aromatic heterocycles. The van der Waals surface area contributed by atoms with Crippen molar-refractivity contribution in [3.05, 3.63) is 78.9 Å². The Hall–Kier alpha value is -4.57. The predicted octanol–water partition coefficient (Wildman–Crippen LogP) is 5.05. The number of rotatable bonds is 9. The van der Waals surface area contributed by atoms with Gasteiger partial charge < -0.3 is 25.4 Å². The highest BCUT2D eigenvalue weighted by atomic mass is 19.1. The molecule has 3 unspecified atom stereocenters. The number of anilines is 2. The van der Waals surface area contributed by atoms with Gasteiger partial charge in [0.05, 0.1) is 11.7 Å². The summed E-state index contributed by atoms with van der Waals surface area (Å²) in [6, 6.07) is 17.4. The third kappa shape index (κ3) is 5.30. The summed E-state index contributed by atoms with van der Waals surface area (Å²) in [5.41, 5.74) is 0.0188. The minimum atomic E-state index is -1.17. The average Bonchev–Trinajstić information content (AvgIpc) is 3.91. The number of nitrogens with zero attached hydrogens (tertiary/aromatic N) is 2. The first-order valence-corrected chi connectivity index (χ1v) is 13.8. The standard InChI is InChI=1S/C31H28FN5O4/c32-19-1-3-20(4-2-19)36-29(38)31(10-11-31)30(39)37-28-8-6-23(16-34-28)41-27-9-12-33-26-15-22(5-7-24(26)27)40-17-21-13-18-14-25(18)35-21/h1-9,12,15-16,18,21,25,35H,10-11,13-14,17H2,(H,36,38)(H,34,37,39). The third-order valence-corrected chi connectivity index (χ3v) is 8.01. The molecule has 3 aliphatic rings. The van der Waals surface area contributed by atoms with Gasteiger partial charge in [0, 0.05) is 35.4 Å². The van der Waals surface area contributed by atoms with E-state index in [1.165, 1.54) is 43.3 Å². The molecule has 7 rings (SSSR count). The highest BCUT2D eigenvalue weighted by molar-refractivity contribution is 6.16. The number of fused-ring (bicyclic) bond motifs is 2. The summed E-state index contributed by atoms with van der Waals surface area (Å²) in [5, 5.41) is 9.85. The number of carbonyl (C=O) groups excluding carboxylic acids is 2. The van der Waals surface area contributed by atoms with Gasteiger partial charge >= 0.3 is 0 Å². The molecule has 2 saturated carbocycles. The van der Waals surface area contributed by atoms with Crippen LogP contribution in [0, 0.1) is 17.2 Å².